The Morgan fingerprint density at radius 1 is 1.42 bits per heavy atom. The number of hydrogen-bond donors (Lipinski definition) is 1. The molecule has 2 rings (SSSR count). The van der Waals surface area contributed by atoms with Crippen LogP contribution in [0.3, 0.4) is 0 Å². The van der Waals surface area contributed by atoms with E-state index in [2.05, 4.69) is 25.8 Å². The molecule has 0 aliphatic heterocycles. The highest BCUT2D eigenvalue weighted by molar-refractivity contribution is 9.10. The van der Waals surface area contributed by atoms with Crippen molar-refractivity contribution in [1.82, 2.24) is 9.88 Å². The van der Waals surface area contributed by atoms with Crippen LogP contribution in [0, 0.1) is 0 Å². The van der Waals surface area contributed by atoms with E-state index in [1.807, 2.05) is 0 Å². The molecule has 0 aliphatic carbocycles. The average molecular weight is 347 g/mol. The molecule has 1 N–H and O–H groups in total. The molecule has 1 aromatic carbocycles. The van der Waals surface area contributed by atoms with Crippen molar-refractivity contribution in [1.29, 1.82) is 0 Å². The molecule has 0 amide bonds. The summed E-state index contributed by atoms with van der Waals surface area (Å²) in [5.74, 6) is 1.00. The number of sulfonamides is 1. The van der Waals surface area contributed by atoms with E-state index in [1.54, 1.807) is 12.1 Å². The fourth-order valence-electron chi connectivity index (χ4n) is 1.40. The molecular formula is C11H11BrN2O4S. The van der Waals surface area contributed by atoms with Gasteiger partial charge < -0.3 is 9.26 Å². The number of nitrogens with one attached hydrogen (secondary N) is 1. The molecular weight excluding hydrogens is 336 g/mol. The molecule has 0 fully saturated rings. The summed E-state index contributed by atoms with van der Waals surface area (Å²) in [5, 5.41) is 3.50. The maximum Gasteiger partial charge on any atom is 0.241 e. The molecule has 0 unspecified atom stereocenters. The van der Waals surface area contributed by atoms with Crippen LogP contribution in [0.15, 0.2) is 44.4 Å². The number of halogens is 1. The van der Waals surface area contributed by atoms with E-state index in [-0.39, 0.29) is 11.4 Å². The molecule has 0 radical (unpaired) electrons. The monoisotopic (exact) mass is 346 g/mol. The van der Waals surface area contributed by atoms with Crippen LogP contribution in [0.4, 0.5) is 0 Å². The molecule has 6 nitrogen and oxygen atoms in total. The second kappa shape index (κ2) is 5.72. The molecule has 0 saturated heterocycles. The number of nitrogens with zero attached hydrogens (tertiary/aromatic N) is 1. The van der Waals surface area contributed by atoms with Gasteiger partial charge in [0.25, 0.3) is 0 Å². The van der Waals surface area contributed by atoms with Crippen LogP contribution in [-0.4, -0.2) is 20.7 Å². The zero-order valence-electron chi connectivity index (χ0n) is 9.96. The van der Waals surface area contributed by atoms with Crippen molar-refractivity contribution in [2.45, 2.75) is 11.4 Å². The third-order valence-electron chi connectivity index (χ3n) is 2.36. The Morgan fingerprint density at radius 3 is 2.79 bits per heavy atom. The van der Waals surface area contributed by atoms with E-state index in [0.717, 1.165) is 0 Å². The van der Waals surface area contributed by atoms with Gasteiger partial charge in [-0.25, -0.2) is 13.1 Å². The SMILES string of the molecule is COc1ccc(S(=O)(=O)NCc2ccno2)cc1Br. The summed E-state index contributed by atoms with van der Waals surface area (Å²) >= 11 is 3.24. The highest BCUT2D eigenvalue weighted by atomic mass is 79.9. The Kier molecular flexibility index (Phi) is 4.23. The third-order valence-corrected chi connectivity index (χ3v) is 4.38. The van der Waals surface area contributed by atoms with E-state index >= 15 is 0 Å². The Labute approximate surface area is 118 Å². The molecule has 1 aromatic heterocycles. The Morgan fingerprint density at radius 2 is 2.21 bits per heavy atom. The van der Waals surface area contributed by atoms with Crippen LogP contribution in [-0.2, 0) is 16.6 Å². The van der Waals surface area contributed by atoms with E-state index < -0.39 is 10.0 Å². The van der Waals surface area contributed by atoms with E-state index in [0.29, 0.717) is 16.0 Å². The summed E-state index contributed by atoms with van der Waals surface area (Å²) in [5.41, 5.74) is 0. The smallest absolute Gasteiger partial charge is 0.241 e. The number of methoxy groups -OCH3 is 1. The fraction of sp³-hybridized carbons (Fsp3) is 0.182. The van der Waals surface area contributed by atoms with Crippen molar-refractivity contribution in [2.75, 3.05) is 7.11 Å². The molecule has 102 valence electrons. The summed E-state index contributed by atoms with van der Waals surface area (Å²) in [7, 11) is -2.10. The number of hydrogen-bond acceptors (Lipinski definition) is 5. The zero-order valence-corrected chi connectivity index (χ0v) is 12.4. The highest BCUT2D eigenvalue weighted by Gasteiger charge is 2.16. The largest absolute Gasteiger partial charge is 0.496 e. The van der Waals surface area contributed by atoms with Crippen molar-refractivity contribution in [2.24, 2.45) is 0 Å². The van der Waals surface area contributed by atoms with Crippen LogP contribution in [0.2, 0.25) is 0 Å². The summed E-state index contributed by atoms with van der Waals surface area (Å²) in [4.78, 5) is 0.139. The van der Waals surface area contributed by atoms with Gasteiger partial charge in [0.05, 0.1) is 29.2 Å². The minimum Gasteiger partial charge on any atom is -0.496 e. The lowest BCUT2D eigenvalue weighted by Gasteiger charge is -2.08. The second-order valence-electron chi connectivity index (χ2n) is 3.60. The number of aromatic nitrogens is 1. The van der Waals surface area contributed by atoms with Gasteiger partial charge in [-0.05, 0) is 34.1 Å². The maximum absolute atomic E-state index is 12.0. The first-order valence-electron chi connectivity index (χ1n) is 5.25. The van der Waals surface area contributed by atoms with E-state index in [1.165, 1.54) is 25.4 Å². The average Bonchev–Trinajstić information content (AvgIpc) is 2.89. The summed E-state index contributed by atoms with van der Waals surface area (Å²) in [6, 6.07) is 6.10. The molecule has 0 bridgehead atoms. The molecule has 0 saturated carbocycles. The van der Waals surface area contributed by atoms with Gasteiger partial charge in [0, 0.05) is 6.07 Å². The van der Waals surface area contributed by atoms with Crippen LogP contribution < -0.4 is 9.46 Å². The molecule has 0 spiro atoms. The molecule has 0 aliphatic rings. The number of ether oxygens (including phenoxy) is 1. The summed E-state index contributed by atoms with van der Waals surface area (Å²) in [6.07, 6.45) is 1.45. The normalized spacial score (nSPS) is 11.5. The molecule has 19 heavy (non-hydrogen) atoms. The molecule has 8 heteroatoms. The highest BCUT2D eigenvalue weighted by Crippen LogP contribution is 2.27. The van der Waals surface area contributed by atoms with Crippen LogP contribution in [0.25, 0.3) is 0 Å². The molecule has 0 atom stereocenters. The Bertz CT molecular complexity index is 655. The quantitative estimate of drug-likeness (QED) is 0.894. The molecule has 2 aromatic rings. The first-order valence-corrected chi connectivity index (χ1v) is 7.53. The topological polar surface area (TPSA) is 81.4 Å². The maximum atomic E-state index is 12.0. The predicted molar refractivity (Wildman–Crippen MR) is 71.2 cm³/mol. The Hall–Kier alpha value is -1.38. The lowest BCUT2D eigenvalue weighted by molar-refractivity contribution is 0.380. The van der Waals surface area contributed by atoms with Crippen molar-refractivity contribution in [3.63, 3.8) is 0 Å². The zero-order chi connectivity index (χ0) is 13.9. The van der Waals surface area contributed by atoms with E-state index in [4.69, 9.17) is 9.26 Å². The van der Waals surface area contributed by atoms with Crippen molar-refractivity contribution < 1.29 is 17.7 Å². The van der Waals surface area contributed by atoms with Gasteiger partial charge in [0.1, 0.15) is 5.75 Å². The lowest BCUT2D eigenvalue weighted by atomic mass is 10.3. The lowest BCUT2D eigenvalue weighted by Crippen LogP contribution is -2.23. The number of benzene rings is 1. The third kappa shape index (κ3) is 3.34. The standard InChI is InChI=1S/C11H11BrN2O4S/c1-17-11-3-2-9(6-10(11)12)19(15,16)14-7-8-4-5-13-18-8/h2-6,14H,7H2,1H3. The minimum atomic E-state index is -3.61. The van der Waals surface area contributed by atoms with E-state index in [9.17, 15) is 8.42 Å². The molecule has 1 heterocycles. The van der Waals surface area contributed by atoms with Crippen molar-refractivity contribution in [3.8, 4) is 5.75 Å². The minimum absolute atomic E-state index is 0.0476. The predicted octanol–water partition coefficient (Wildman–Crippen LogP) is 1.92. The van der Waals surface area contributed by atoms with Gasteiger partial charge in [-0.1, -0.05) is 5.16 Å². The first kappa shape index (κ1) is 14.0. The van der Waals surface area contributed by atoms with Gasteiger partial charge in [0.2, 0.25) is 10.0 Å². The Balaban J connectivity index is 2.17. The van der Waals surface area contributed by atoms with Gasteiger partial charge in [-0.3, -0.25) is 0 Å². The van der Waals surface area contributed by atoms with Gasteiger partial charge >= 0.3 is 0 Å². The van der Waals surface area contributed by atoms with Crippen molar-refractivity contribution in [3.05, 3.63) is 40.7 Å². The van der Waals surface area contributed by atoms with Crippen molar-refractivity contribution >= 4 is 26.0 Å². The van der Waals surface area contributed by atoms with Gasteiger partial charge in [0.15, 0.2) is 5.76 Å². The van der Waals surface area contributed by atoms with Gasteiger partial charge in [-0.2, -0.15) is 0 Å². The summed E-state index contributed by atoms with van der Waals surface area (Å²) < 4.78 is 36.9. The van der Waals surface area contributed by atoms with Crippen LogP contribution >= 0.6 is 15.9 Å². The van der Waals surface area contributed by atoms with Gasteiger partial charge in [-0.15, -0.1) is 0 Å². The summed E-state index contributed by atoms with van der Waals surface area (Å²) in [6.45, 7) is 0.0476. The first-order chi connectivity index (χ1) is 9.03. The number of rotatable bonds is 5. The second-order valence-corrected chi connectivity index (χ2v) is 6.22. The fourth-order valence-corrected chi connectivity index (χ4v) is 3.11. The van der Waals surface area contributed by atoms with Crippen LogP contribution in [0.1, 0.15) is 5.76 Å². The van der Waals surface area contributed by atoms with Crippen LogP contribution in [0.5, 0.6) is 5.75 Å².